The van der Waals surface area contributed by atoms with E-state index in [-0.39, 0.29) is 0 Å². The van der Waals surface area contributed by atoms with Gasteiger partial charge in [0, 0.05) is 24.8 Å². The molecule has 4 N–H and O–H groups in total. The summed E-state index contributed by atoms with van der Waals surface area (Å²) in [6.07, 6.45) is 4.56. The highest BCUT2D eigenvalue weighted by molar-refractivity contribution is 7.86. The summed E-state index contributed by atoms with van der Waals surface area (Å²) >= 11 is 0. The summed E-state index contributed by atoms with van der Waals surface area (Å²) in [5.41, 5.74) is -1.75. The lowest BCUT2D eigenvalue weighted by molar-refractivity contribution is 0.408. The summed E-state index contributed by atoms with van der Waals surface area (Å²) in [6, 6.07) is 2.61. The third-order valence-electron chi connectivity index (χ3n) is 3.29. The second-order valence-corrected chi connectivity index (χ2v) is 7.62. The van der Waals surface area contributed by atoms with Crippen LogP contribution in [0.25, 0.3) is 11.4 Å². The molecular weight excluding hydrogens is 392 g/mol. The first-order chi connectivity index (χ1) is 12.0. The Morgan fingerprint density at radius 3 is 1.31 bits per heavy atom. The van der Waals surface area contributed by atoms with E-state index >= 15 is 0 Å². The summed E-state index contributed by atoms with van der Waals surface area (Å²) in [5, 5.41) is 28.1. The van der Waals surface area contributed by atoms with Crippen molar-refractivity contribution in [3.05, 3.63) is 36.9 Å². The molecule has 0 fully saturated rings. The summed E-state index contributed by atoms with van der Waals surface area (Å²) in [6.45, 7) is 0. The Morgan fingerprint density at radius 1 is 0.731 bits per heavy atom. The van der Waals surface area contributed by atoms with Gasteiger partial charge in [0.25, 0.3) is 0 Å². The van der Waals surface area contributed by atoms with Gasteiger partial charge in [-0.3, -0.25) is 9.11 Å². The van der Waals surface area contributed by atoms with Crippen LogP contribution in [0.2, 0.25) is 0 Å². The second-order valence-electron chi connectivity index (χ2n) is 4.90. The van der Waals surface area contributed by atoms with E-state index in [9.17, 15) is 36.2 Å². The monoisotopic (exact) mass is 402 g/mol. The van der Waals surface area contributed by atoms with Crippen LogP contribution < -0.4 is 0 Å². The maximum atomic E-state index is 11.8. The van der Waals surface area contributed by atoms with Crippen LogP contribution in [0.5, 0.6) is 11.5 Å². The van der Waals surface area contributed by atoms with Crippen molar-refractivity contribution >= 4 is 20.2 Å². The molecular formula is C12H10N4O8S2. The number of nitrogens with zero attached hydrogens (tertiary/aromatic N) is 4. The SMILES string of the molecule is O=S(=O)(O)c1c(O)c(-n2cccn2)c(S(=O)(=O)O)c(O)c1-n1cccn1. The fraction of sp³-hybridized carbons (Fsp3) is 0. The van der Waals surface area contributed by atoms with Crippen molar-refractivity contribution in [1.82, 2.24) is 19.6 Å². The molecule has 0 saturated carbocycles. The highest BCUT2D eigenvalue weighted by Crippen LogP contribution is 2.46. The molecule has 0 radical (unpaired) electrons. The summed E-state index contributed by atoms with van der Waals surface area (Å²) < 4.78 is 67.6. The average Bonchev–Trinajstić information content (AvgIpc) is 3.18. The Hall–Kier alpha value is -2.94. The zero-order valence-electron chi connectivity index (χ0n) is 12.5. The van der Waals surface area contributed by atoms with E-state index in [1.54, 1.807) is 0 Å². The number of aromatic nitrogens is 4. The minimum absolute atomic E-state index is 0.694. The summed E-state index contributed by atoms with van der Waals surface area (Å²) in [7, 11) is -10.4. The van der Waals surface area contributed by atoms with Crippen LogP contribution in [0.3, 0.4) is 0 Å². The third-order valence-corrected chi connectivity index (χ3v) is 5.10. The Labute approximate surface area is 146 Å². The van der Waals surface area contributed by atoms with Gasteiger partial charge in [-0.25, -0.2) is 9.36 Å². The van der Waals surface area contributed by atoms with Gasteiger partial charge in [-0.1, -0.05) is 0 Å². The lowest BCUT2D eigenvalue weighted by Crippen LogP contribution is -2.14. The standard InChI is InChI=1S/C12H10N4O8S2/c17-9-7(15-5-1-3-13-15)11(25(19,20)21)10(18)8(12(9)26(22,23)24)16-6-2-4-14-16/h1-6,17-18H,(H,19,20,21)(H,22,23,24). The lowest BCUT2D eigenvalue weighted by atomic mass is 10.2. The van der Waals surface area contributed by atoms with Crippen LogP contribution in [-0.2, 0) is 20.2 Å². The first-order valence-electron chi connectivity index (χ1n) is 6.60. The minimum atomic E-state index is -5.18. The van der Waals surface area contributed by atoms with E-state index in [1.165, 1.54) is 24.5 Å². The van der Waals surface area contributed by atoms with Gasteiger partial charge < -0.3 is 10.2 Å². The number of hydrogen-bond acceptors (Lipinski definition) is 8. The lowest BCUT2D eigenvalue weighted by Gasteiger charge is -2.18. The van der Waals surface area contributed by atoms with E-state index < -0.39 is 52.9 Å². The van der Waals surface area contributed by atoms with Crippen molar-refractivity contribution in [2.75, 3.05) is 0 Å². The normalized spacial score (nSPS) is 12.4. The molecule has 0 spiro atoms. The Bertz CT molecular complexity index is 1090. The van der Waals surface area contributed by atoms with E-state index in [0.717, 1.165) is 12.4 Å². The van der Waals surface area contributed by atoms with Gasteiger partial charge in [0.1, 0.15) is 11.4 Å². The molecule has 0 amide bonds. The topological polar surface area (TPSA) is 185 Å². The number of phenols is 2. The van der Waals surface area contributed by atoms with Crippen molar-refractivity contribution in [3.63, 3.8) is 0 Å². The van der Waals surface area contributed by atoms with Gasteiger partial charge in [-0.05, 0) is 12.1 Å². The van der Waals surface area contributed by atoms with Crippen LogP contribution in [0, 0.1) is 0 Å². The van der Waals surface area contributed by atoms with Crippen molar-refractivity contribution in [2.24, 2.45) is 0 Å². The van der Waals surface area contributed by atoms with Crippen LogP contribution in [0.4, 0.5) is 0 Å². The zero-order valence-corrected chi connectivity index (χ0v) is 14.1. The number of aromatic hydroxyl groups is 2. The predicted octanol–water partition coefficient (Wildman–Crippen LogP) is -0.0374. The zero-order chi connectivity index (χ0) is 19.3. The fourth-order valence-electron chi connectivity index (χ4n) is 2.37. The van der Waals surface area contributed by atoms with Crippen LogP contribution in [0.15, 0.2) is 46.7 Å². The van der Waals surface area contributed by atoms with Crippen molar-refractivity contribution < 1.29 is 36.2 Å². The first kappa shape index (κ1) is 17.9. The molecule has 26 heavy (non-hydrogen) atoms. The molecule has 0 atom stereocenters. The molecule has 1 aromatic carbocycles. The van der Waals surface area contributed by atoms with Crippen LogP contribution in [0.1, 0.15) is 0 Å². The molecule has 14 heteroatoms. The van der Waals surface area contributed by atoms with E-state index in [4.69, 9.17) is 0 Å². The van der Waals surface area contributed by atoms with Gasteiger partial charge in [0.05, 0.1) is 0 Å². The number of benzene rings is 1. The molecule has 2 heterocycles. The minimum Gasteiger partial charge on any atom is -0.504 e. The first-order valence-corrected chi connectivity index (χ1v) is 9.48. The number of rotatable bonds is 4. The molecule has 0 aliphatic carbocycles. The highest BCUT2D eigenvalue weighted by Gasteiger charge is 2.37. The molecule has 2 aromatic heterocycles. The molecule has 12 nitrogen and oxygen atoms in total. The molecule has 3 aromatic rings. The van der Waals surface area contributed by atoms with Gasteiger partial charge in [-0.15, -0.1) is 0 Å². The second kappa shape index (κ2) is 5.80. The van der Waals surface area contributed by atoms with Crippen molar-refractivity contribution in [1.29, 1.82) is 0 Å². The fourth-order valence-corrected chi connectivity index (χ4v) is 3.92. The van der Waals surface area contributed by atoms with Crippen LogP contribution >= 0.6 is 0 Å². The Morgan fingerprint density at radius 2 is 1.08 bits per heavy atom. The predicted molar refractivity (Wildman–Crippen MR) is 83.6 cm³/mol. The smallest absolute Gasteiger partial charge is 0.300 e. The molecule has 0 aliphatic heterocycles. The van der Waals surface area contributed by atoms with Crippen molar-refractivity contribution in [2.45, 2.75) is 9.79 Å². The quantitative estimate of drug-likeness (QED) is 0.341. The van der Waals surface area contributed by atoms with E-state index in [1.807, 2.05) is 0 Å². The number of hydrogen-bond donors (Lipinski definition) is 4. The molecule has 0 saturated heterocycles. The average molecular weight is 402 g/mol. The summed E-state index contributed by atoms with van der Waals surface area (Å²) in [4.78, 5) is -2.45. The Balaban J connectivity index is 2.63. The highest BCUT2D eigenvalue weighted by atomic mass is 32.2. The van der Waals surface area contributed by atoms with Gasteiger partial charge in [-0.2, -0.15) is 27.0 Å². The molecule has 3 rings (SSSR count). The third kappa shape index (κ3) is 2.80. The van der Waals surface area contributed by atoms with Crippen LogP contribution in [-0.4, -0.2) is 55.7 Å². The van der Waals surface area contributed by atoms with Gasteiger partial charge >= 0.3 is 20.2 Å². The van der Waals surface area contributed by atoms with E-state index in [2.05, 4.69) is 10.2 Å². The molecule has 0 bridgehead atoms. The molecule has 0 unspecified atom stereocenters. The summed E-state index contributed by atoms with van der Waals surface area (Å²) in [5.74, 6) is -2.54. The maximum Gasteiger partial charge on any atom is 0.300 e. The number of phenolic OH excluding ortho intramolecular Hbond substituents is 2. The molecule has 138 valence electrons. The van der Waals surface area contributed by atoms with Gasteiger partial charge in [0.2, 0.25) is 0 Å². The van der Waals surface area contributed by atoms with E-state index in [0.29, 0.717) is 9.36 Å². The molecule has 0 aliphatic rings. The van der Waals surface area contributed by atoms with Gasteiger partial charge in [0.15, 0.2) is 21.3 Å². The maximum absolute atomic E-state index is 11.8. The van der Waals surface area contributed by atoms with Crippen molar-refractivity contribution in [3.8, 4) is 22.9 Å². The largest absolute Gasteiger partial charge is 0.504 e. The Kier molecular flexibility index (Phi) is 3.99.